The number of hydrazone groups is 1. The van der Waals surface area contributed by atoms with Gasteiger partial charge in [-0.2, -0.15) is 5.10 Å². The van der Waals surface area contributed by atoms with Gasteiger partial charge in [-0.1, -0.05) is 42.5 Å². The number of carboxylic acids is 1. The zero-order valence-electron chi connectivity index (χ0n) is 15.0. The van der Waals surface area contributed by atoms with Crippen LogP contribution in [0.5, 0.6) is 0 Å². The van der Waals surface area contributed by atoms with Crippen molar-refractivity contribution < 1.29 is 14.7 Å². The summed E-state index contributed by atoms with van der Waals surface area (Å²) in [4.78, 5) is 32.7. The van der Waals surface area contributed by atoms with Crippen LogP contribution in [0.2, 0.25) is 0 Å². The van der Waals surface area contributed by atoms with Crippen molar-refractivity contribution in [3.63, 3.8) is 0 Å². The van der Waals surface area contributed by atoms with E-state index in [1.165, 1.54) is 5.01 Å². The molecule has 1 amide bonds. The molecule has 0 saturated carbocycles. The summed E-state index contributed by atoms with van der Waals surface area (Å²) in [6.45, 7) is 0. The minimum absolute atomic E-state index is 0.113. The van der Waals surface area contributed by atoms with E-state index in [0.29, 0.717) is 12.1 Å². The van der Waals surface area contributed by atoms with Crippen molar-refractivity contribution in [1.82, 2.24) is 15.0 Å². The molecule has 7 nitrogen and oxygen atoms in total. The number of hydrogen-bond donors (Lipinski definition) is 1. The molecule has 0 fully saturated rings. The highest BCUT2D eigenvalue weighted by molar-refractivity contribution is 6.03. The van der Waals surface area contributed by atoms with Crippen LogP contribution in [-0.2, 0) is 9.59 Å². The van der Waals surface area contributed by atoms with Gasteiger partial charge in [-0.25, -0.2) is 9.99 Å². The molecular formula is C21H18N4O3. The molecule has 1 aromatic heterocycles. The van der Waals surface area contributed by atoms with E-state index in [1.54, 1.807) is 6.20 Å². The van der Waals surface area contributed by atoms with Crippen LogP contribution in [-0.4, -0.2) is 37.7 Å². The summed E-state index contributed by atoms with van der Waals surface area (Å²) in [5.41, 5.74) is 3.85. The molecule has 7 heteroatoms. The fourth-order valence-corrected chi connectivity index (χ4v) is 3.24. The molecule has 28 heavy (non-hydrogen) atoms. The van der Waals surface area contributed by atoms with Gasteiger partial charge in [0.05, 0.1) is 35.1 Å². The largest absolute Gasteiger partial charge is 0.481 e. The highest BCUT2D eigenvalue weighted by atomic mass is 16.4. The zero-order valence-corrected chi connectivity index (χ0v) is 15.0. The third kappa shape index (κ3) is 3.59. The summed E-state index contributed by atoms with van der Waals surface area (Å²) in [5, 5.41) is 14.8. The Labute approximate surface area is 161 Å². The first kappa shape index (κ1) is 17.8. The van der Waals surface area contributed by atoms with Crippen LogP contribution in [0.4, 0.5) is 0 Å². The molecule has 0 saturated heterocycles. The summed E-state index contributed by atoms with van der Waals surface area (Å²) in [7, 11) is 0. The van der Waals surface area contributed by atoms with Gasteiger partial charge in [0.15, 0.2) is 0 Å². The van der Waals surface area contributed by atoms with E-state index in [0.717, 1.165) is 22.3 Å². The number of carbonyl (C=O) groups is 2. The van der Waals surface area contributed by atoms with E-state index < -0.39 is 12.0 Å². The lowest BCUT2D eigenvalue weighted by Gasteiger charge is -2.21. The van der Waals surface area contributed by atoms with Crippen molar-refractivity contribution in [3.05, 3.63) is 72.1 Å². The second kappa shape index (κ2) is 7.56. The number of aromatic nitrogens is 2. The maximum atomic E-state index is 12.7. The third-order valence-corrected chi connectivity index (χ3v) is 4.63. The molecule has 1 aliphatic rings. The van der Waals surface area contributed by atoms with Crippen molar-refractivity contribution in [1.29, 1.82) is 0 Å². The first-order valence-corrected chi connectivity index (χ1v) is 9.00. The second-order valence-corrected chi connectivity index (χ2v) is 6.55. The van der Waals surface area contributed by atoms with Gasteiger partial charge in [0, 0.05) is 12.8 Å². The number of hydrogen-bond acceptors (Lipinski definition) is 5. The maximum Gasteiger partial charge on any atom is 0.303 e. The highest BCUT2D eigenvalue weighted by Crippen LogP contribution is 2.32. The highest BCUT2D eigenvalue weighted by Gasteiger charge is 2.34. The number of carbonyl (C=O) groups excluding carboxylic acids is 1. The standard InChI is InChI=1S/C21H18N4O3/c26-20(10-11-21(27)28)25-19(12-17(24-25)14-6-2-1-3-7-14)18-13-22-15-8-4-5-9-16(15)23-18/h1-9,13,19H,10-12H2,(H,27,28)/t19-/m0/s1. The molecule has 1 N–H and O–H groups in total. The Morgan fingerprint density at radius 1 is 1.00 bits per heavy atom. The van der Waals surface area contributed by atoms with E-state index in [4.69, 9.17) is 5.11 Å². The summed E-state index contributed by atoms with van der Waals surface area (Å²) in [6.07, 6.45) is 1.81. The molecule has 1 atom stereocenters. The topological polar surface area (TPSA) is 95.8 Å². The smallest absolute Gasteiger partial charge is 0.303 e. The summed E-state index contributed by atoms with van der Waals surface area (Å²) < 4.78 is 0. The van der Waals surface area contributed by atoms with Gasteiger partial charge >= 0.3 is 5.97 Å². The summed E-state index contributed by atoms with van der Waals surface area (Å²) in [5.74, 6) is -1.35. The number of aliphatic carboxylic acids is 1. The molecule has 2 aromatic carbocycles. The first-order valence-electron chi connectivity index (χ1n) is 9.00. The normalized spacial score (nSPS) is 16.2. The SMILES string of the molecule is O=C(O)CCC(=O)N1N=C(c2ccccc2)C[C@H]1c1cnc2ccccc2n1. The van der Waals surface area contributed by atoms with Crippen LogP contribution in [0.15, 0.2) is 65.9 Å². The quantitative estimate of drug-likeness (QED) is 0.740. The molecule has 0 unspecified atom stereocenters. The molecule has 140 valence electrons. The molecule has 1 aliphatic heterocycles. The Hall–Kier alpha value is -3.61. The Kier molecular flexibility index (Phi) is 4.80. The number of fused-ring (bicyclic) bond motifs is 1. The molecule has 0 bridgehead atoms. The van der Waals surface area contributed by atoms with Crippen LogP contribution in [0.3, 0.4) is 0 Å². The molecule has 3 aromatic rings. The predicted molar refractivity (Wildman–Crippen MR) is 104 cm³/mol. The zero-order chi connectivity index (χ0) is 19.5. The van der Waals surface area contributed by atoms with E-state index in [9.17, 15) is 9.59 Å². The number of benzene rings is 2. The second-order valence-electron chi connectivity index (χ2n) is 6.55. The third-order valence-electron chi connectivity index (χ3n) is 4.63. The molecule has 0 radical (unpaired) electrons. The lowest BCUT2D eigenvalue weighted by atomic mass is 10.0. The lowest BCUT2D eigenvalue weighted by molar-refractivity contribution is -0.141. The Bertz CT molecular complexity index is 1070. The molecule has 2 heterocycles. The van der Waals surface area contributed by atoms with Crippen molar-refractivity contribution in [3.8, 4) is 0 Å². The van der Waals surface area contributed by atoms with Gasteiger partial charge in [-0.15, -0.1) is 0 Å². The van der Waals surface area contributed by atoms with Crippen molar-refractivity contribution in [2.45, 2.75) is 25.3 Å². The molecule has 0 aliphatic carbocycles. The first-order chi connectivity index (χ1) is 13.6. The van der Waals surface area contributed by atoms with Gasteiger partial charge < -0.3 is 5.11 Å². The van der Waals surface area contributed by atoms with Gasteiger partial charge in [0.1, 0.15) is 6.04 Å². The fraction of sp³-hybridized carbons (Fsp3) is 0.190. The van der Waals surface area contributed by atoms with E-state index >= 15 is 0 Å². The van der Waals surface area contributed by atoms with E-state index in [2.05, 4.69) is 15.1 Å². The fourth-order valence-electron chi connectivity index (χ4n) is 3.24. The van der Waals surface area contributed by atoms with Crippen LogP contribution >= 0.6 is 0 Å². The van der Waals surface area contributed by atoms with Gasteiger partial charge in [-0.3, -0.25) is 14.6 Å². The number of rotatable bonds is 5. The van der Waals surface area contributed by atoms with Crippen molar-refractivity contribution >= 4 is 28.6 Å². The van der Waals surface area contributed by atoms with Crippen molar-refractivity contribution in [2.75, 3.05) is 0 Å². The van der Waals surface area contributed by atoms with Crippen LogP contribution in [0.1, 0.15) is 36.6 Å². The monoisotopic (exact) mass is 374 g/mol. The van der Waals surface area contributed by atoms with E-state index in [1.807, 2.05) is 54.6 Å². The number of para-hydroxylation sites is 2. The average Bonchev–Trinajstić information content (AvgIpc) is 3.18. The van der Waals surface area contributed by atoms with Crippen LogP contribution < -0.4 is 0 Å². The minimum atomic E-state index is -1.01. The van der Waals surface area contributed by atoms with Gasteiger partial charge in [-0.05, 0) is 17.7 Å². The Morgan fingerprint density at radius 3 is 2.46 bits per heavy atom. The predicted octanol–water partition coefficient (Wildman–Crippen LogP) is 3.17. The number of nitrogens with zero attached hydrogens (tertiary/aromatic N) is 4. The average molecular weight is 374 g/mol. The Balaban J connectivity index is 1.68. The Morgan fingerprint density at radius 2 is 1.71 bits per heavy atom. The number of carboxylic acid groups (broad SMARTS) is 1. The molecule has 4 rings (SSSR count). The van der Waals surface area contributed by atoms with Crippen LogP contribution in [0, 0.1) is 0 Å². The maximum absolute atomic E-state index is 12.7. The van der Waals surface area contributed by atoms with Gasteiger partial charge in [0.2, 0.25) is 5.91 Å². The van der Waals surface area contributed by atoms with Gasteiger partial charge in [0.25, 0.3) is 0 Å². The molecular weight excluding hydrogens is 356 g/mol. The van der Waals surface area contributed by atoms with Crippen molar-refractivity contribution in [2.24, 2.45) is 5.10 Å². The molecule has 0 spiro atoms. The summed E-state index contributed by atoms with van der Waals surface area (Å²) >= 11 is 0. The van der Waals surface area contributed by atoms with Crippen LogP contribution in [0.25, 0.3) is 11.0 Å². The van der Waals surface area contributed by atoms with E-state index in [-0.39, 0.29) is 18.7 Å². The minimum Gasteiger partial charge on any atom is -0.481 e. The summed E-state index contributed by atoms with van der Waals surface area (Å²) in [6, 6.07) is 16.7. The number of amides is 1. The lowest BCUT2D eigenvalue weighted by Crippen LogP contribution is -2.28.